The third-order valence-corrected chi connectivity index (χ3v) is 3.99. The molecule has 0 spiro atoms. The van der Waals surface area contributed by atoms with Crippen molar-refractivity contribution in [3.8, 4) is 0 Å². The fraction of sp³-hybridized carbons (Fsp3) is 0.462. The molecule has 2 aliphatic rings. The first-order valence-corrected chi connectivity index (χ1v) is 6.47. The van der Waals surface area contributed by atoms with E-state index in [0.717, 1.165) is 19.5 Å². The molecule has 18 heavy (non-hydrogen) atoms. The maximum atomic E-state index is 13.6. The van der Waals surface area contributed by atoms with Crippen molar-refractivity contribution >= 4 is 17.5 Å². The highest BCUT2D eigenvalue weighted by atomic mass is 35.5. The zero-order valence-electron chi connectivity index (χ0n) is 9.83. The van der Waals surface area contributed by atoms with Gasteiger partial charge in [-0.15, -0.1) is 0 Å². The van der Waals surface area contributed by atoms with Crippen molar-refractivity contribution in [2.24, 2.45) is 5.92 Å². The molecule has 3 unspecified atom stereocenters. The number of nitrogens with zero attached hydrogens (tertiary/aromatic N) is 1. The number of piperidine rings is 1. The van der Waals surface area contributed by atoms with Crippen LogP contribution in [-0.2, 0) is 11.3 Å². The molecule has 2 saturated heterocycles. The Morgan fingerprint density at radius 2 is 2.33 bits per heavy atom. The van der Waals surface area contributed by atoms with Crippen LogP contribution in [-0.4, -0.2) is 29.9 Å². The smallest absolute Gasteiger partial charge is 0.224 e. The van der Waals surface area contributed by atoms with Crippen molar-refractivity contribution < 1.29 is 9.18 Å². The van der Waals surface area contributed by atoms with Gasteiger partial charge in [0.2, 0.25) is 5.91 Å². The van der Waals surface area contributed by atoms with Gasteiger partial charge in [-0.2, -0.15) is 0 Å². The van der Waals surface area contributed by atoms with E-state index in [0.29, 0.717) is 11.6 Å². The molecule has 1 N–H and O–H groups in total. The lowest BCUT2D eigenvalue weighted by Gasteiger charge is -2.12. The number of carbonyl (C=O) groups excluding carboxylic acids is 1. The quantitative estimate of drug-likeness (QED) is 0.848. The number of amides is 1. The van der Waals surface area contributed by atoms with Crippen LogP contribution in [0.4, 0.5) is 4.39 Å². The summed E-state index contributed by atoms with van der Waals surface area (Å²) in [6, 6.07) is 5.43. The summed E-state index contributed by atoms with van der Waals surface area (Å²) in [5, 5.41) is 2.88. The van der Waals surface area contributed by atoms with Crippen LogP contribution in [0.15, 0.2) is 18.2 Å². The molecule has 96 valence electrons. The third-order valence-electron chi connectivity index (χ3n) is 3.69. The first kappa shape index (κ1) is 11.9. The van der Waals surface area contributed by atoms with E-state index in [-0.39, 0.29) is 23.4 Å². The number of carbonyl (C=O) groups is 1. The van der Waals surface area contributed by atoms with Gasteiger partial charge < -0.3 is 5.32 Å². The van der Waals surface area contributed by atoms with Crippen LogP contribution in [0.5, 0.6) is 0 Å². The number of benzene rings is 1. The van der Waals surface area contributed by atoms with Gasteiger partial charge in [0.05, 0.1) is 10.9 Å². The third kappa shape index (κ3) is 2.22. The summed E-state index contributed by atoms with van der Waals surface area (Å²) < 4.78 is 13.6. The lowest BCUT2D eigenvalue weighted by atomic mass is 10.0. The van der Waals surface area contributed by atoms with E-state index in [1.165, 1.54) is 6.07 Å². The average molecular weight is 269 g/mol. The number of halogens is 2. The number of hydrogen-bond donors (Lipinski definition) is 1. The zero-order chi connectivity index (χ0) is 12.7. The van der Waals surface area contributed by atoms with E-state index in [2.05, 4.69) is 10.2 Å². The van der Waals surface area contributed by atoms with Crippen molar-refractivity contribution in [3.63, 3.8) is 0 Å². The minimum absolute atomic E-state index is 0.0153. The summed E-state index contributed by atoms with van der Waals surface area (Å²) >= 11 is 5.69. The molecular weight excluding hydrogens is 255 g/mol. The SMILES string of the molecule is O=C(NCc1cccc(Cl)c1F)C1CC2CN2C1. The molecule has 0 saturated carbocycles. The molecule has 0 radical (unpaired) electrons. The van der Waals surface area contributed by atoms with E-state index < -0.39 is 5.82 Å². The van der Waals surface area contributed by atoms with Gasteiger partial charge >= 0.3 is 0 Å². The van der Waals surface area contributed by atoms with Gasteiger partial charge in [-0.05, 0) is 12.5 Å². The Morgan fingerprint density at radius 3 is 3.06 bits per heavy atom. The van der Waals surface area contributed by atoms with E-state index in [4.69, 9.17) is 11.6 Å². The van der Waals surface area contributed by atoms with E-state index in [1.54, 1.807) is 12.1 Å². The van der Waals surface area contributed by atoms with Crippen LogP contribution in [0.25, 0.3) is 0 Å². The van der Waals surface area contributed by atoms with E-state index in [9.17, 15) is 9.18 Å². The van der Waals surface area contributed by atoms with Gasteiger partial charge in [-0.1, -0.05) is 23.7 Å². The molecule has 3 rings (SSSR count). The second-order valence-electron chi connectivity index (χ2n) is 4.97. The Morgan fingerprint density at radius 1 is 1.50 bits per heavy atom. The summed E-state index contributed by atoms with van der Waals surface area (Å²) in [4.78, 5) is 14.2. The fourth-order valence-corrected chi connectivity index (χ4v) is 2.75. The van der Waals surface area contributed by atoms with Gasteiger partial charge in [-0.3, -0.25) is 9.69 Å². The number of fused-ring (bicyclic) bond motifs is 1. The van der Waals surface area contributed by atoms with Crippen molar-refractivity contribution in [1.29, 1.82) is 0 Å². The molecule has 5 heteroatoms. The van der Waals surface area contributed by atoms with Crippen LogP contribution < -0.4 is 5.32 Å². The molecule has 2 fully saturated rings. The molecule has 0 aliphatic carbocycles. The minimum Gasteiger partial charge on any atom is -0.352 e. The largest absolute Gasteiger partial charge is 0.352 e. The fourth-order valence-electron chi connectivity index (χ4n) is 2.56. The van der Waals surface area contributed by atoms with Crippen LogP contribution in [0, 0.1) is 11.7 Å². The number of nitrogens with one attached hydrogen (secondary N) is 1. The first-order chi connectivity index (χ1) is 8.65. The van der Waals surface area contributed by atoms with Crippen LogP contribution >= 0.6 is 11.6 Å². The van der Waals surface area contributed by atoms with Gasteiger partial charge in [-0.25, -0.2) is 4.39 Å². The Kier molecular flexibility index (Phi) is 2.99. The molecular formula is C13H14ClFN2O. The lowest BCUT2D eigenvalue weighted by molar-refractivity contribution is -0.124. The predicted octanol–water partition coefficient (Wildman–Crippen LogP) is 1.80. The molecule has 3 atom stereocenters. The van der Waals surface area contributed by atoms with Crippen molar-refractivity contribution in [2.75, 3.05) is 13.1 Å². The van der Waals surface area contributed by atoms with Crippen molar-refractivity contribution in [1.82, 2.24) is 10.2 Å². The predicted molar refractivity (Wildman–Crippen MR) is 66.7 cm³/mol. The Balaban J connectivity index is 1.57. The second-order valence-corrected chi connectivity index (χ2v) is 5.38. The number of rotatable bonds is 3. The molecule has 1 amide bonds. The van der Waals surface area contributed by atoms with Gasteiger partial charge in [0.1, 0.15) is 5.82 Å². The standard InChI is InChI=1S/C13H14ClFN2O/c14-11-3-1-2-8(12(11)15)5-16-13(18)9-4-10-7-17(10)6-9/h1-3,9-10H,4-7H2,(H,16,18). The van der Waals surface area contributed by atoms with Crippen LogP contribution in [0.2, 0.25) is 5.02 Å². The Bertz CT molecular complexity index is 484. The highest BCUT2D eigenvalue weighted by Gasteiger charge is 2.45. The topological polar surface area (TPSA) is 32.1 Å². The molecule has 3 nitrogen and oxygen atoms in total. The van der Waals surface area contributed by atoms with Gasteiger partial charge in [0.25, 0.3) is 0 Å². The second kappa shape index (κ2) is 4.52. The first-order valence-electron chi connectivity index (χ1n) is 6.10. The zero-order valence-corrected chi connectivity index (χ0v) is 10.6. The van der Waals surface area contributed by atoms with Crippen molar-refractivity contribution in [3.05, 3.63) is 34.6 Å². The molecule has 1 aromatic carbocycles. The number of hydrogen-bond acceptors (Lipinski definition) is 2. The molecule has 1 aromatic rings. The van der Waals surface area contributed by atoms with Crippen LogP contribution in [0.3, 0.4) is 0 Å². The lowest BCUT2D eigenvalue weighted by Crippen LogP contribution is -2.32. The van der Waals surface area contributed by atoms with Crippen LogP contribution in [0.1, 0.15) is 12.0 Å². The maximum absolute atomic E-state index is 13.6. The van der Waals surface area contributed by atoms with E-state index in [1.807, 2.05) is 0 Å². The summed E-state index contributed by atoms with van der Waals surface area (Å²) in [6.07, 6.45) is 0.934. The molecule has 2 aliphatic heterocycles. The summed E-state index contributed by atoms with van der Waals surface area (Å²) in [5.74, 6) is -0.370. The maximum Gasteiger partial charge on any atom is 0.224 e. The minimum atomic E-state index is -0.447. The molecule has 0 bridgehead atoms. The van der Waals surface area contributed by atoms with E-state index >= 15 is 0 Å². The summed E-state index contributed by atoms with van der Waals surface area (Å²) in [6.45, 7) is 2.17. The van der Waals surface area contributed by atoms with Gasteiger partial charge in [0.15, 0.2) is 0 Å². The van der Waals surface area contributed by atoms with Gasteiger partial charge in [0, 0.05) is 31.2 Å². The molecule has 0 aromatic heterocycles. The Hall–Kier alpha value is -1.13. The molecule has 2 heterocycles. The highest BCUT2D eigenvalue weighted by Crippen LogP contribution is 2.34. The Labute approximate surface area is 110 Å². The van der Waals surface area contributed by atoms with Crippen molar-refractivity contribution in [2.45, 2.75) is 19.0 Å². The average Bonchev–Trinajstić information content (AvgIpc) is 2.97. The normalized spacial score (nSPS) is 28.9. The highest BCUT2D eigenvalue weighted by molar-refractivity contribution is 6.30. The summed E-state index contributed by atoms with van der Waals surface area (Å²) in [7, 11) is 0. The monoisotopic (exact) mass is 268 g/mol. The summed E-state index contributed by atoms with van der Waals surface area (Å²) in [5.41, 5.74) is 0.430.